The molecule has 1 N–H and O–H groups in total. The van der Waals surface area contributed by atoms with E-state index in [-0.39, 0.29) is 0 Å². The van der Waals surface area contributed by atoms with E-state index >= 15 is 0 Å². The summed E-state index contributed by atoms with van der Waals surface area (Å²) in [5, 5.41) is 11.8. The molecule has 0 bridgehead atoms. The zero-order valence-electron chi connectivity index (χ0n) is 14.0. The Bertz CT molecular complexity index is 806. The van der Waals surface area contributed by atoms with Gasteiger partial charge >= 0.3 is 0 Å². The van der Waals surface area contributed by atoms with Crippen molar-refractivity contribution in [1.82, 2.24) is 29.5 Å². The predicted molar refractivity (Wildman–Crippen MR) is 92.8 cm³/mol. The number of anilines is 1. The average Bonchev–Trinajstić information content (AvgIpc) is 3.24. The van der Waals surface area contributed by atoms with E-state index in [1.54, 1.807) is 6.33 Å². The van der Waals surface area contributed by atoms with E-state index in [2.05, 4.69) is 55.3 Å². The van der Waals surface area contributed by atoms with Gasteiger partial charge in [0.25, 0.3) is 0 Å². The van der Waals surface area contributed by atoms with Crippen LogP contribution in [0, 0.1) is 5.92 Å². The van der Waals surface area contributed by atoms with Crippen molar-refractivity contribution < 1.29 is 0 Å². The minimum absolute atomic E-state index is 0.629. The maximum Gasteiger partial charge on any atom is 0.203 e. The van der Waals surface area contributed by atoms with Gasteiger partial charge in [-0.15, -0.1) is 10.2 Å². The van der Waals surface area contributed by atoms with Crippen LogP contribution in [-0.4, -0.2) is 43.8 Å². The van der Waals surface area contributed by atoms with Crippen LogP contribution in [0.1, 0.15) is 18.5 Å². The van der Waals surface area contributed by atoms with Crippen LogP contribution in [0.5, 0.6) is 0 Å². The topological polar surface area (TPSA) is 63.3 Å². The van der Waals surface area contributed by atoms with E-state index in [9.17, 15) is 0 Å². The standard InChI is InChI=1S/C17H23N7/c1-22-7-3-5-15(22)11-18-10-14-4-2-8-23(12-14)16-17-21-20-13-24(17)9-6-19-16/h3,5-7,9,13-14,18H,2,4,8,10-12H2,1H3. The van der Waals surface area contributed by atoms with E-state index in [4.69, 9.17) is 0 Å². The molecular weight excluding hydrogens is 302 g/mol. The highest BCUT2D eigenvalue weighted by Crippen LogP contribution is 2.23. The third-order valence-electron chi connectivity index (χ3n) is 4.81. The summed E-state index contributed by atoms with van der Waals surface area (Å²) in [7, 11) is 2.09. The summed E-state index contributed by atoms with van der Waals surface area (Å²) < 4.78 is 4.09. The second kappa shape index (κ2) is 6.60. The second-order valence-electron chi connectivity index (χ2n) is 6.51. The molecule has 126 valence electrons. The summed E-state index contributed by atoms with van der Waals surface area (Å²) in [5.41, 5.74) is 2.16. The number of rotatable bonds is 5. The molecule has 1 atom stereocenters. The van der Waals surface area contributed by atoms with Gasteiger partial charge in [-0.1, -0.05) is 0 Å². The molecule has 0 aliphatic carbocycles. The lowest BCUT2D eigenvalue weighted by Gasteiger charge is -2.33. The Labute approximate surface area is 141 Å². The molecule has 1 aliphatic heterocycles. The van der Waals surface area contributed by atoms with E-state index in [1.807, 2.05) is 16.8 Å². The van der Waals surface area contributed by atoms with Crippen molar-refractivity contribution in [3.8, 4) is 0 Å². The fourth-order valence-corrected chi connectivity index (χ4v) is 3.48. The van der Waals surface area contributed by atoms with Gasteiger partial charge < -0.3 is 14.8 Å². The van der Waals surface area contributed by atoms with Crippen molar-refractivity contribution in [1.29, 1.82) is 0 Å². The summed E-state index contributed by atoms with van der Waals surface area (Å²) in [6.45, 7) is 3.99. The van der Waals surface area contributed by atoms with Crippen molar-refractivity contribution >= 4 is 11.5 Å². The number of fused-ring (bicyclic) bond motifs is 1. The summed E-state index contributed by atoms with van der Waals surface area (Å²) >= 11 is 0. The molecule has 7 nitrogen and oxygen atoms in total. The number of nitrogens with zero attached hydrogens (tertiary/aromatic N) is 6. The SMILES string of the molecule is Cn1cccc1CNCC1CCCN(c2nccn3cnnc23)C1. The number of hydrogen-bond donors (Lipinski definition) is 1. The maximum atomic E-state index is 4.55. The molecular formula is C17H23N7. The summed E-state index contributed by atoms with van der Waals surface area (Å²) in [4.78, 5) is 6.90. The maximum absolute atomic E-state index is 4.55. The molecule has 3 aromatic heterocycles. The van der Waals surface area contributed by atoms with Crippen LogP contribution in [0.25, 0.3) is 5.65 Å². The zero-order valence-corrected chi connectivity index (χ0v) is 14.0. The Balaban J connectivity index is 1.39. The lowest BCUT2D eigenvalue weighted by atomic mass is 9.98. The van der Waals surface area contributed by atoms with Gasteiger partial charge in [-0.3, -0.25) is 4.40 Å². The second-order valence-corrected chi connectivity index (χ2v) is 6.51. The molecule has 24 heavy (non-hydrogen) atoms. The third-order valence-corrected chi connectivity index (χ3v) is 4.81. The first-order valence-corrected chi connectivity index (χ1v) is 8.51. The largest absolute Gasteiger partial charge is 0.353 e. The Kier molecular flexibility index (Phi) is 4.17. The molecule has 0 saturated carbocycles. The van der Waals surface area contributed by atoms with Gasteiger partial charge in [-0.2, -0.15) is 0 Å². The number of aryl methyl sites for hydroxylation is 1. The molecule has 4 heterocycles. The smallest absolute Gasteiger partial charge is 0.203 e. The molecule has 1 aliphatic rings. The highest BCUT2D eigenvalue weighted by Gasteiger charge is 2.23. The van der Waals surface area contributed by atoms with Crippen molar-refractivity contribution in [2.75, 3.05) is 24.5 Å². The highest BCUT2D eigenvalue weighted by molar-refractivity contribution is 5.63. The van der Waals surface area contributed by atoms with E-state index in [1.165, 1.54) is 18.5 Å². The zero-order chi connectivity index (χ0) is 16.4. The van der Waals surface area contributed by atoms with Crippen LogP contribution >= 0.6 is 0 Å². The van der Waals surface area contributed by atoms with Crippen LogP contribution in [-0.2, 0) is 13.6 Å². The fourth-order valence-electron chi connectivity index (χ4n) is 3.48. The monoisotopic (exact) mass is 325 g/mol. The molecule has 0 radical (unpaired) electrons. The number of aromatic nitrogens is 5. The predicted octanol–water partition coefficient (Wildman–Crippen LogP) is 1.47. The number of nitrogens with one attached hydrogen (secondary N) is 1. The molecule has 7 heteroatoms. The Morgan fingerprint density at radius 3 is 3.17 bits per heavy atom. The first-order chi connectivity index (χ1) is 11.8. The van der Waals surface area contributed by atoms with Gasteiger partial charge in [0.15, 0.2) is 5.82 Å². The van der Waals surface area contributed by atoms with Gasteiger partial charge in [0, 0.05) is 57.5 Å². The van der Waals surface area contributed by atoms with Gasteiger partial charge in [0.05, 0.1) is 0 Å². The summed E-state index contributed by atoms with van der Waals surface area (Å²) in [6, 6.07) is 4.25. The minimum Gasteiger partial charge on any atom is -0.353 e. The molecule has 1 unspecified atom stereocenters. The minimum atomic E-state index is 0.629. The first kappa shape index (κ1) is 15.1. The number of hydrogen-bond acceptors (Lipinski definition) is 5. The molecule has 4 rings (SSSR count). The lowest BCUT2D eigenvalue weighted by molar-refractivity contribution is 0.388. The van der Waals surface area contributed by atoms with Crippen molar-refractivity contribution in [2.24, 2.45) is 13.0 Å². The fraction of sp³-hybridized carbons (Fsp3) is 0.471. The van der Waals surface area contributed by atoms with E-state index < -0.39 is 0 Å². The molecule has 0 amide bonds. The normalized spacial score (nSPS) is 18.4. The van der Waals surface area contributed by atoms with Crippen molar-refractivity contribution in [3.63, 3.8) is 0 Å². The number of piperidine rings is 1. The van der Waals surface area contributed by atoms with Gasteiger partial charge in [0.2, 0.25) is 5.65 Å². The Hall–Kier alpha value is -2.41. The average molecular weight is 325 g/mol. The quantitative estimate of drug-likeness (QED) is 0.770. The van der Waals surface area contributed by atoms with E-state index in [0.29, 0.717) is 5.92 Å². The molecule has 1 fully saturated rings. The molecule has 1 saturated heterocycles. The van der Waals surface area contributed by atoms with E-state index in [0.717, 1.165) is 37.6 Å². The molecule has 0 spiro atoms. The van der Waals surface area contributed by atoms with Crippen LogP contribution in [0.3, 0.4) is 0 Å². The van der Waals surface area contributed by atoms with Crippen LogP contribution < -0.4 is 10.2 Å². The van der Waals surface area contributed by atoms with Crippen LogP contribution in [0.2, 0.25) is 0 Å². The molecule has 0 aromatic carbocycles. The third kappa shape index (κ3) is 2.99. The van der Waals surface area contributed by atoms with Gasteiger partial charge in [-0.25, -0.2) is 4.98 Å². The first-order valence-electron chi connectivity index (χ1n) is 8.51. The lowest BCUT2D eigenvalue weighted by Crippen LogP contribution is -2.40. The van der Waals surface area contributed by atoms with Crippen LogP contribution in [0.4, 0.5) is 5.82 Å². The summed E-state index contributed by atoms with van der Waals surface area (Å²) in [6.07, 6.45) is 9.97. The highest BCUT2D eigenvalue weighted by atomic mass is 15.3. The van der Waals surface area contributed by atoms with Crippen molar-refractivity contribution in [3.05, 3.63) is 42.7 Å². The van der Waals surface area contributed by atoms with Crippen molar-refractivity contribution in [2.45, 2.75) is 19.4 Å². The van der Waals surface area contributed by atoms with Gasteiger partial charge in [0.1, 0.15) is 6.33 Å². The Morgan fingerprint density at radius 2 is 2.29 bits per heavy atom. The Morgan fingerprint density at radius 1 is 1.33 bits per heavy atom. The van der Waals surface area contributed by atoms with Crippen LogP contribution in [0.15, 0.2) is 37.1 Å². The summed E-state index contributed by atoms with van der Waals surface area (Å²) in [5.74, 6) is 1.58. The van der Waals surface area contributed by atoms with Gasteiger partial charge in [-0.05, 0) is 30.9 Å². The molecule has 3 aromatic rings.